The summed E-state index contributed by atoms with van der Waals surface area (Å²) in [6, 6.07) is 5.86. The average molecular weight is 260 g/mol. The van der Waals surface area contributed by atoms with Crippen molar-refractivity contribution in [1.29, 1.82) is 5.26 Å². The van der Waals surface area contributed by atoms with Crippen LogP contribution in [0.2, 0.25) is 0 Å². The molecule has 0 fully saturated rings. The van der Waals surface area contributed by atoms with E-state index in [0.29, 0.717) is 6.54 Å². The van der Waals surface area contributed by atoms with Gasteiger partial charge in [-0.1, -0.05) is 6.07 Å². The third kappa shape index (κ3) is 3.72. The quantitative estimate of drug-likeness (QED) is 0.815. The Balaban J connectivity index is 2.72. The number of carbonyl (C=O) groups is 1. The Hall–Kier alpha value is -2.02. The van der Waals surface area contributed by atoms with Gasteiger partial charge in [-0.3, -0.25) is 4.79 Å². The van der Waals surface area contributed by atoms with Gasteiger partial charge in [-0.2, -0.15) is 5.26 Å². The highest BCUT2D eigenvalue weighted by Gasteiger charge is 2.10. The van der Waals surface area contributed by atoms with Crippen LogP contribution in [0.5, 0.6) is 5.75 Å². The Morgan fingerprint density at radius 2 is 2.05 bits per heavy atom. The molecule has 0 spiro atoms. The zero-order chi connectivity index (χ0) is 14.4. The second kappa shape index (κ2) is 6.79. The first-order valence-electron chi connectivity index (χ1n) is 6.25. The lowest BCUT2D eigenvalue weighted by Crippen LogP contribution is -2.28. The Labute approximate surface area is 114 Å². The number of nitriles is 1. The molecule has 102 valence electrons. The summed E-state index contributed by atoms with van der Waals surface area (Å²) in [5.41, 5.74) is 3.53. The predicted octanol–water partition coefficient (Wildman–Crippen LogP) is 2.23. The molecule has 0 aliphatic heterocycles. The molecule has 0 aromatic heterocycles. The molecule has 19 heavy (non-hydrogen) atoms. The minimum Gasteiger partial charge on any atom is -0.496 e. The molecule has 0 unspecified atom stereocenters. The highest BCUT2D eigenvalue weighted by molar-refractivity contribution is 5.77. The Morgan fingerprint density at radius 1 is 1.37 bits per heavy atom. The van der Waals surface area contributed by atoms with E-state index in [-0.39, 0.29) is 12.3 Å². The van der Waals surface area contributed by atoms with E-state index in [0.717, 1.165) is 17.7 Å². The number of amides is 1. The summed E-state index contributed by atoms with van der Waals surface area (Å²) in [6.07, 6.45) is 0.724. The molecule has 1 aromatic rings. The highest BCUT2D eigenvalue weighted by Crippen LogP contribution is 2.24. The van der Waals surface area contributed by atoms with Gasteiger partial charge in [0, 0.05) is 13.6 Å². The van der Waals surface area contributed by atoms with Crippen molar-refractivity contribution in [2.24, 2.45) is 0 Å². The van der Waals surface area contributed by atoms with E-state index in [1.807, 2.05) is 25.1 Å². The second-order valence-electron chi connectivity index (χ2n) is 4.58. The lowest BCUT2D eigenvalue weighted by molar-refractivity contribution is -0.128. The van der Waals surface area contributed by atoms with Crippen LogP contribution in [0.25, 0.3) is 0 Å². The number of hydrogen-bond acceptors (Lipinski definition) is 3. The van der Waals surface area contributed by atoms with Crippen LogP contribution in [0.15, 0.2) is 12.1 Å². The number of nitrogens with zero attached hydrogens (tertiary/aromatic N) is 2. The van der Waals surface area contributed by atoms with E-state index in [1.54, 1.807) is 19.1 Å². The summed E-state index contributed by atoms with van der Waals surface area (Å²) >= 11 is 0. The maximum atomic E-state index is 11.5. The molecule has 1 rings (SSSR count). The number of methoxy groups -OCH3 is 1. The van der Waals surface area contributed by atoms with E-state index < -0.39 is 0 Å². The van der Waals surface area contributed by atoms with Crippen LogP contribution in [0.3, 0.4) is 0 Å². The number of benzene rings is 1. The molecule has 0 atom stereocenters. The first-order chi connectivity index (χ1) is 9.01. The van der Waals surface area contributed by atoms with Gasteiger partial charge in [-0.25, -0.2) is 0 Å². The fourth-order valence-electron chi connectivity index (χ4n) is 1.96. The molecule has 0 aliphatic rings. The molecule has 0 radical (unpaired) electrons. The third-order valence-electron chi connectivity index (χ3n) is 3.44. The molecule has 1 amide bonds. The van der Waals surface area contributed by atoms with Gasteiger partial charge in [0.1, 0.15) is 12.2 Å². The summed E-state index contributed by atoms with van der Waals surface area (Å²) in [5.74, 6) is 0.751. The van der Waals surface area contributed by atoms with Crippen molar-refractivity contribution in [3.05, 3.63) is 28.8 Å². The first kappa shape index (κ1) is 15.0. The van der Waals surface area contributed by atoms with Crippen LogP contribution < -0.4 is 4.74 Å². The molecule has 0 bridgehead atoms. The van der Waals surface area contributed by atoms with Crippen LogP contribution in [-0.4, -0.2) is 31.5 Å². The van der Waals surface area contributed by atoms with Crippen LogP contribution in [-0.2, 0) is 11.2 Å². The first-order valence-corrected chi connectivity index (χ1v) is 6.25. The van der Waals surface area contributed by atoms with E-state index in [2.05, 4.69) is 6.92 Å². The van der Waals surface area contributed by atoms with Gasteiger partial charge >= 0.3 is 0 Å². The number of carbonyl (C=O) groups excluding carboxylic acids is 1. The van der Waals surface area contributed by atoms with Crippen LogP contribution in [0, 0.1) is 25.2 Å². The molecular weight excluding hydrogens is 240 g/mol. The zero-order valence-electron chi connectivity index (χ0n) is 12.0. The van der Waals surface area contributed by atoms with Gasteiger partial charge in [-0.05, 0) is 43.0 Å². The van der Waals surface area contributed by atoms with Crippen molar-refractivity contribution in [3.8, 4) is 11.8 Å². The fraction of sp³-hybridized carbons (Fsp3) is 0.467. The van der Waals surface area contributed by atoms with Crippen molar-refractivity contribution in [2.75, 3.05) is 20.7 Å². The Bertz CT molecular complexity index is 504. The van der Waals surface area contributed by atoms with Gasteiger partial charge < -0.3 is 9.64 Å². The molecule has 4 heteroatoms. The van der Waals surface area contributed by atoms with Crippen molar-refractivity contribution in [3.63, 3.8) is 0 Å². The number of hydrogen-bond donors (Lipinski definition) is 0. The largest absolute Gasteiger partial charge is 0.496 e. The van der Waals surface area contributed by atoms with Gasteiger partial charge in [-0.15, -0.1) is 0 Å². The number of likely N-dealkylation sites (N-methyl/N-ethyl adjacent to an activating group) is 1. The normalized spacial score (nSPS) is 9.84. The SMILES string of the molecule is COc1ccc(CCN(C)C(=O)CC#N)c(C)c1C. The van der Waals surface area contributed by atoms with Gasteiger partial charge in [0.15, 0.2) is 0 Å². The van der Waals surface area contributed by atoms with Crippen molar-refractivity contribution in [2.45, 2.75) is 26.7 Å². The van der Waals surface area contributed by atoms with Crippen LogP contribution in [0.4, 0.5) is 0 Å². The molecule has 1 aromatic carbocycles. The summed E-state index contributed by atoms with van der Waals surface area (Å²) in [6.45, 7) is 4.71. The molecule has 0 saturated heterocycles. The maximum Gasteiger partial charge on any atom is 0.236 e. The molecule has 0 aliphatic carbocycles. The molecule has 0 heterocycles. The number of ether oxygens (including phenoxy) is 1. The molecule has 0 saturated carbocycles. The Morgan fingerprint density at radius 3 is 2.63 bits per heavy atom. The minimum absolute atomic E-state index is 0.0584. The van der Waals surface area contributed by atoms with Gasteiger partial charge in [0.05, 0.1) is 13.2 Å². The lowest BCUT2D eigenvalue weighted by atomic mass is 10.00. The zero-order valence-corrected chi connectivity index (χ0v) is 12.0. The van der Waals surface area contributed by atoms with Crippen molar-refractivity contribution >= 4 is 5.91 Å². The summed E-state index contributed by atoms with van der Waals surface area (Å²) in [7, 11) is 3.39. The van der Waals surface area contributed by atoms with Crippen LogP contribution >= 0.6 is 0 Å². The summed E-state index contributed by atoms with van der Waals surface area (Å²) in [4.78, 5) is 13.1. The van der Waals surface area contributed by atoms with E-state index in [9.17, 15) is 4.79 Å². The average Bonchev–Trinajstić information content (AvgIpc) is 2.40. The Kier molecular flexibility index (Phi) is 5.37. The predicted molar refractivity (Wildman–Crippen MR) is 74.0 cm³/mol. The fourth-order valence-corrected chi connectivity index (χ4v) is 1.96. The van der Waals surface area contributed by atoms with E-state index in [1.165, 1.54) is 11.1 Å². The smallest absolute Gasteiger partial charge is 0.236 e. The van der Waals surface area contributed by atoms with Crippen LogP contribution in [0.1, 0.15) is 23.1 Å². The topological polar surface area (TPSA) is 53.3 Å². The van der Waals surface area contributed by atoms with E-state index in [4.69, 9.17) is 10.00 Å². The number of rotatable bonds is 5. The van der Waals surface area contributed by atoms with E-state index >= 15 is 0 Å². The standard InChI is InChI=1S/C15H20N2O2/c1-11-12(2)14(19-4)6-5-13(11)8-10-17(3)15(18)7-9-16/h5-6H,7-8,10H2,1-4H3. The third-order valence-corrected chi connectivity index (χ3v) is 3.44. The molecule has 0 N–H and O–H groups in total. The lowest BCUT2D eigenvalue weighted by Gasteiger charge is -2.17. The van der Waals surface area contributed by atoms with Gasteiger partial charge in [0.25, 0.3) is 0 Å². The van der Waals surface area contributed by atoms with Crippen molar-refractivity contribution < 1.29 is 9.53 Å². The summed E-state index contributed by atoms with van der Waals surface area (Å²) in [5, 5.41) is 8.50. The highest BCUT2D eigenvalue weighted by atomic mass is 16.5. The second-order valence-corrected chi connectivity index (χ2v) is 4.58. The van der Waals surface area contributed by atoms with Gasteiger partial charge in [0.2, 0.25) is 5.91 Å². The molecule has 4 nitrogen and oxygen atoms in total. The summed E-state index contributed by atoms with van der Waals surface area (Å²) < 4.78 is 5.28. The maximum absolute atomic E-state index is 11.5. The van der Waals surface area contributed by atoms with Crippen molar-refractivity contribution in [1.82, 2.24) is 4.90 Å². The molecular formula is C15H20N2O2. The minimum atomic E-state index is -0.134. The monoisotopic (exact) mass is 260 g/mol.